The molecule has 0 unspecified atom stereocenters. The van der Waals surface area contributed by atoms with E-state index in [9.17, 15) is 0 Å². The summed E-state index contributed by atoms with van der Waals surface area (Å²) in [6.45, 7) is 3.97. The Bertz CT molecular complexity index is 545. The fraction of sp³-hybridized carbons (Fsp3) is 0.333. The third-order valence-corrected chi connectivity index (χ3v) is 2.99. The number of benzene rings is 1. The molecule has 0 bridgehead atoms. The van der Waals surface area contributed by atoms with Gasteiger partial charge in [-0.2, -0.15) is 0 Å². The van der Waals surface area contributed by atoms with Crippen LogP contribution in [0.5, 0.6) is 5.75 Å². The van der Waals surface area contributed by atoms with Gasteiger partial charge in [0.2, 0.25) is 0 Å². The Hall–Kier alpha value is -1.00. The normalized spacial score (nSPS) is 11.1. The predicted octanol–water partition coefficient (Wildman–Crippen LogP) is 3.79. The van der Waals surface area contributed by atoms with Gasteiger partial charge in [0.25, 0.3) is 0 Å². The highest BCUT2D eigenvalue weighted by Crippen LogP contribution is 2.27. The smallest absolute Gasteiger partial charge is 0.189 e. The van der Waals surface area contributed by atoms with Gasteiger partial charge in [0, 0.05) is 5.39 Å². The summed E-state index contributed by atoms with van der Waals surface area (Å²) < 4.78 is 5.61. The third kappa shape index (κ3) is 2.82. The second kappa shape index (κ2) is 5.10. The minimum Gasteiger partial charge on any atom is -0.491 e. The Morgan fingerprint density at radius 2 is 2.06 bits per heavy atom. The van der Waals surface area contributed by atoms with Crippen molar-refractivity contribution in [1.29, 1.82) is 0 Å². The van der Waals surface area contributed by atoms with Crippen LogP contribution in [0.3, 0.4) is 0 Å². The van der Waals surface area contributed by atoms with Crippen molar-refractivity contribution in [3.05, 3.63) is 23.4 Å². The molecule has 0 fully saturated rings. The van der Waals surface area contributed by atoms with Gasteiger partial charge < -0.3 is 4.74 Å². The molecule has 0 aliphatic carbocycles. The van der Waals surface area contributed by atoms with Crippen LogP contribution in [0.25, 0.3) is 10.9 Å². The van der Waals surface area contributed by atoms with E-state index in [-0.39, 0.29) is 6.10 Å². The second-order valence-electron chi connectivity index (χ2n) is 3.85. The molecule has 1 aromatic carbocycles. The van der Waals surface area contributed by atoms with Gasteiger partial charge in [0.15, 0.2) is 5.16 Å². The van der Waals surface area contributed by atoms with Crippen molar-refractivity contribution in [2.75, 3.05) is 6.26 Å². The predicted molar refractivity (Wildman–Crippen MR) is 72.1 cm³/mol. The summed E-state index contributed by atoms with van der Waals surface area (Å²) in [6, 6.07) is 5.68. The van der Waals surface area contributed by atoms with Crippen molar-refractivity contribution >= 4 is 34.3 Å². The molecule has 0 atom stereocenters. The first kappa shape index (κ1) is 12.5. The minimum atomic E-state index is 0.137. The number of ether oxygens (including phenoxy) is 1. The lowest BCUT2D eigenvalue weighted by Gasteiger charge is -2.10. The van der Waals surface area contributed by atoms with Crippen LogP contribution in [0, 0.1) is 0 Å². The molecule has 0 amide bonds. The van der Waals surface area contributed by atoms with E-state index in [2.05, 4.69) is 9.97 Å². The number of rotatable bonds is 3. The summed E-state index contributed by atoms with van der Waals surface area (Å²) in [7, 11) is 0. The molecule has 1 aromatic heterocycles. The van der Waals surface area contributed by atoms with Crippen molar-refractivity contribution in [2.24, 2.45) is 0 Å². The van der Waals surface area contributed by atoms with Crippen molar-refractivity contribution in [3.63, 3.8) is 0 Å². The van der Waals surface area contributed by atoms with Crippen molar-refractivity contribution in [1.82, 2.24) is 9.97 Å². The zero-order valence-corrected chi connectivity index (χ0v) is 11.5. The van der Waals surface area contributed by atoms with E-state index in [0.29, 0.717) is 10.3 Å². The quantitative estimate of drug-likeness (QED) is 0.482. The number of hydrogen-bond donors (Lipinski definition) is 0. The molecule has 17 heavy (non-hydrogen) atoms. The Labute approximate surface area is 110 Å². The summed E-state index contributed by atoms with van der Waals surface area (Å²) in [5.74, 6) is 0.787. The fourth-order valence-electron chi connectivity index (χ4n) is 1.49. The van der Waals surface area contributed by atoms with Gasteiger partial charge in [-0.15, -0.1) is 0 Å². The molecule has 0 saturated carbocycles. The van der Waals surface area contributed by atoms with Crippen LogP contribution in [-0.2, 0) is 0 Å². The average Bonchev–Trinajstić information content (AvgIpc) is 2.29. The molecule has 0 radical (unpaired) electrons. The fourth-order valence-corrected chi connectivity index (χ4v) is 2.14. The number of nitrogens with zero attached hydrogens (tertiary/aromatic N) is 2. The molecule has 0 aliphatic heterocycles. The second-order valence-corrected chi connectivity index (χ2v) is 4.98. The van der Waals surface area contributed by atoms with Gasteiger partial charge >= 0.3 is 0 Å². The number of fused-ring (bicyclic) bond motifs is 1. The molecule has 0 aliphatic rings. The molecular formula is C12H13ClN2OS. The maximum atomic E-state index is 6.13. The number of thioether (sulfide) groups is 1. The van der Waals surface area contributed by atoms with Gasteiger partial charge in [0.05, 0.1) is 11.6 Å². The first-order valence-corrected chi connectivity index (χ1v) is 6.88. The van der Waals surface area contributed by atoms with Crippen LogP contribution in [0.15, 0.2) is 23.4 Å². The number of aromatic nitrogens is 2. The van der Waals surface area contributed by atoms with E-state index in [1.165, 1.54) is 11.8 Å². The van der Waals surface area contributed by atoms with Crippen molar-refractivity contribution in [2.45, 2.75) is 25.1 Å². The van der Waals surface area contributed by atoms with Crippen molar-refractivity contribution < 1.29 is 4.74 Å². The molecule has 0 spiro atoms. The van der Waals surface area contributed by atoms with E-state index in [1.807, 2.05) is 38.3 Å². The van der Waals surface area contributed by atoms with Gasteiger partial charge in [0.1, 0.15) is 10.9 Å². The Morgan fingerprint density at radius 1 is 1.29 bits per heavy atom. The van der Waals surface area contributed by atoms with Crippen LogP contribution in [0.4, 0.5) is 0 Å². The summed E-state index contributed by atoms with van der Waals surface area (Å²) in [6.07, 6.45) is 2.06. The molecule has 0 saturated heterocycles. The number of halogens is 1. The Balaban J connectivity index is 2.50. The molecule has 5 heteroatoms. The SMILES string of the molecule is CSc1nc(Cl)c2cc(OC(C)C)ccc2n1. The van der Waals surface area contributed by atoms with Crippen LogP contribution in [0.1, 0.15) is 13.8 Å². The lowest BCUT2D eigenvalue weighted by atomic mass is 10.2. The van der Waals surface area contributed by atoms with Gasteiger partial charge in [-0.05, 0) is 38.3 Å². The molecule has 1 heterocycles. The lowest BCUT2D eigenvalue weighted by Crippen LogP contribution is -2.05. The summed E-state index contributed by atoms with van der Waals surface area (Å²) in [4.78, 5) is 8.59. The monoisotopic (exact) mass is 268 g/mol. The summed E-state index contributed by atoms with van der Waals surface area (Å²) in [5, 5.41) is 1.97. The van der Waals surface area contributed by atoms with E-state index in [0.717, 1.165) is 16.7 Å². The number of hydrogen-bond acceptors (Lipinski definition) is 4. The molecule has 2 rings (SSSR count). The first-order valence-electron chi connectivity index (χ1n) is 5.28. The lowest BCUT2D eigenvalue weighted by molar-refractivity contribution is 0.243. The van der Waals surface area contributed by atoms with Gasteiger partial charge in [-0.1, -0.05) is 23.4 Å². The van der Waals surface area contributed by atoms with Crippen LogP contribution < -0.4 is 4.74 Å². The zero-order chi connectivity index (χ0) is 12.4. The topological polar surface area (TPSA) is 35.0 Å². The van der Waals surface area contributed by atoms with Crippen LogP contribution in [0.2, 0.25) is 5.15 Å². The van der Waals surface area contributed by atoms with E-state index >= 15 is 0 Å². The maximum absolute atomic E-state index is 6.13. The van der Waals surface area contributed by atoms with Crippen LogP contribution in [-0.4, -0.2) is 22.3 Å². The highest BCUT2D eigenvalue weighted by atomic mass is 35.5. The largest absolute Gasteiger partial charge is 0.491 e. The van der Waals surface area contributed by atoms with E-state index < -0.39 is 0 Å². The molecule has 2 aromatic rings. The zero-order valence-electron chi connectivity index (χ0n) is 9.90. The van der Waals surface area contributed by atoms with Gasteiger partial charge in [-0.3, -0.25) is 0 Å². The first-order chi connectivity index (χ1) is 8.10. The summed E-state index contributed by atoms with van der Waals surface area (Å²) in [5.41, 5.74) is 0.838. The van der Waals surface area contributed by atoms with Crippen LogP contribution >= 0.6 is 23.4 Å². The highest BCUT2D eigenvalue weighted by Gasteiger charge is 2.07. The standard InChI is InChI=1S/C12H13ClN2OS/c1-7(2)16-8-4-5-10-9(6-8)11(13)15-12(14-10)17-3/h4-7H,1-3H3. The Morgan fingerprint density at radius 3 is 2.71 bits per heavy atom. The summed E-state index contributed by atoms with van der Waals surface area (Å²) >= 11 is 7.60. The van der Waals surface area contributed by atoms with E-state index in [1.54, 1.807) is 0 Å². The molecule has 0 N–H and O–H groups in total. The average molecular weight is 269 g/mol. The van der Waals surface area contributed by atoms with E-state index in [4.69, 9.17) is 16.3 Å². The van der Waals surface area contributed by atoms with Gasteiger partial charge in [-0.25, -0.2) is 9.97 Å². The van der Waals surface area contributed by atoms with Crippen molar-refractivity contribution in [3.8, 4) is 5.75 Å². The highest BCUT2D eigenvalue weighted by molar-refractivity contribution is 7.98. The maximum Gasteiger partial charge on any atom is 0.189 e. The molecular weight excluding hydrogens is 256 g/mol. The Kier molecular flexibility index (Phi) is 3.74. The molecule has 90 valence electrons. The molecule has 3 nitrogen and oxygen atoms in total. The third-order valence-electron chi connectivity index (χ3n) is 2.15. The minimum absolute atomic E-state index is 0.137.